The summed E-state index contributed by atoms with van der Waals surface area (Å²) in [6.07, 6.45) is 2.49. The van der Waals surface area contributed by atoms with Gasteiger partial charge in [0.1, 0.15) is 5.76 Å². The van der Waals surface area contributed by atoms with Crippen LogP contribution in [0.15, 0.2) is 4.42 Å². The Bertz CT molecular complexity index is 364. The van der Waals surface area contributed by atoms with E-state index in [0.717, 1.165) is 37.8 Å². The Kier molecular flexibility index (Phi) is 2.69. The molecule has 2 fully saturated rings. The number of aromatic nitrogens is 1. The molecule has 0 amide bonds. The minimum Gasteiger partial charge on any atom is -0.445 e. The van der Waals surface area contributed by atoms with E-state index in [0.29, 0.717) is 11.8 Å². The molecule has 1 aromatic rings. The molecule has 0 aromatic carbocycles. The van der Waals surface area contributed by atoms with Gasteiger partial charge in [-0.05, 0) is 26.3 Å². The van der Waals surface area contributed by atoms with Crippen LogP contribution in [0, 0.1) is 6.92 Å². The zero-order chi connectivity index (χ0) is 11.0. The summed E-state index contributed by atoms with van der Waals surface area (Å²) < 4.78 is 5.79. The molecule has 3 heterocycles. The molecule has 2 N–H and O–H groups in total. The Hall–Kier alpha value is -0.870. The van der Waals surface area contributed by atoms with Crippen LogP contribution in [0.5, 0.6) is 0 Å². The highest BCUT2D eigenvalue weighted by Gasteiger charge is 2.28. The van der Waals surface area contributed by atoms with Crippen LogP contribution in [0.3, 0.4) is 0 Å². The number of rotatable bonds is 2. The number of aryl methyl sites for hydroxylation is 1. The first-order valence-corrected chi connectivity index (χ1v) is 6.23. The van der Waals surface area contributed by atoms with Gasteiger partial charge >= 0.3 is 0 Å². The average molecular weight is 221 g/mol. The zero-order valence-electron chi connectivity index (χ0n) is 9.75. The second kappa shape index (κ2) is 4.18. The molecule has 1 aromatic heterocycles. The van der Waals surface area contributed by atoms with E-state index in [4.69, 9.17) is 9.40 Å². The first-order valence-electron chi connectivity index (χ1n) is 6.23. The van der Waals surface area contributed by atoms with Gasteiger partial charge in [-0.1, -0.05) is 0 Å². The molecule has 16 heavy (non-hydrogen) atoms. The van der Waals surface area contributed by atoms with E-state index in [1.54, 1.807) is 0 Å². The molecule has 2 aliphatic rings. The van der Waals surface area contributed by atoms with E-state index < -0.39 is 0 Å². The first kappa shape index (κ1) is 10.3. The molecule has 2 aliphatic heterocycles. The summed E-state index contributed by atoms with van der Waals surface area (Å²) in [5.41, 5.74) is 1.19. The summed E-state index contributed by atoms with van der Waals surface area (Å²) in [5, 5.41) is 6.69. The third kappa shape index (κ3) is 1.76. The maximum Gasteiger partial charge on any atom is 0.200 e. The van der Waals surface area contributed by atoms with Crippen molar-refractivity contribution in [1.29, 1.82) is 0 Å². The fraction of sp³-hybridized carbons (Fsp3) is 0.750. The van der Waals surface area contributed by atoms with Gasteiger partial charge in [0.05, 0.1) is 11.6 Å². The fourth-order valence-electron chi connectivity index (χ4n) is 2.53. The topological polar surface area (TPSA) is 50.1 Å². The van der Waals surface area contributed by atoms with Crippen molar-refractivity contribution in [2.75, 3.05) is 26.2 Å². The number of nitrogens with one attached hydrogen (secondary N) is 2. The van der Waals surface area contributed by atoms with Crippen LogP contribution in [0.2, 0.25) is 0 Å². The van der Waals surface area contributed by atoms with Crippen molar-refractivity contribution in [3.05, 3.63) is 17.3 Å². The molecule has 88 valence electrons. The molecule has 0 aliphatic carbocycles. The molecule has 3 rings (SSSR count). The maximum absolute atomic E-state index is 5.79. The van der Waals surface area contributed by atoms with Crippen LogP contribution in [0.1, 0.15) is 42.0 Å². The molecule has 0 saturated carbocycles. The molecule has 1 atom stereocenters. The highest BCUT2D eigenvalue weighted by Crippen LogP contribution is 2.29. The van der Waals surface area contributed by atoms with Crippen molar-refractivity contribution in [2.24, 2.45) is 0 Å². The van der Waals surface area contributed by atoms with Crippen LogP contribution < -0.4 is 10.6 Å². The lowest BCUT2D eigenvalue weighted by molar-refractivity contribution is 0.350. The zero-order valence-corrected chi connectivity index (χ0v) is 9.75. The summed E-state index contributed by atoms with van der Waals surface area (Å²) in [5.74, 6) is 3.02. The third-order valence-electron chi connectivity index (χ3n) is 3.66. The van der Waals surface area contributed by atoms with Crippen LogP contribution in [-0.2, 0) is 0 Å². The Labute approximate surface area is 95.8 Å². The smallest absolute Gasteiger partial charge is 0.200 e. The van der Waals surface area contributed by atoms with E-state index in [2.05, 4.69) is 10.6 Å². The Morgan fingerprint density at radius 1 is 1.19 bits per heavy atom. The van der Waals surface area contributed by atoms with E-state index >= 15 is 0 Å². The first-order chi connectivity index (χ1) is 7.84. The van der Waals surface area contributed by atoms with Crippen molar-refractivity contribution >= 4 is 0 Å². The Morgan fingerprint density at radius 2 is 2.00 bits per heavy atom. The largest absolute Gasteiger partial charge is 0.445 e. The molecular weight excluding hydrogens is 202 g/mol. The van der Waals surface area contributed by atoms with Gasteiger partial charge in [-0.25, -0.2) is 4.98 Å². The second-order valence-electron chi connectivity index (χ2n) is 4.89. The van der Waals surface area contributed by atoms with E-state index in [9.17, 15) is 0 Å². The van der Waals surface area contributed by atoms with E-state index in [-0.39, 0.29) is 0 Å². The number of nitrogens with zero attached hydrogens (tertiary/aromatic N) is 1. The molecule has 0 spiro atoms. The predicted octanol–water partition coefficient (Wildman–Crippen LogP) is 1.14. The van der Waals surface area contributed by atoms with Crippen molar-refractivity contribution in [3.63, 3.8) is 0 Å². The minimum absolute atomic E-state index is 0.504. The lowest BCUT2D eigenvalue weighted by Crippen LogP contribution is -2.40. The molecular formula is C12H19N3O. The summed E-state index contributed by atoms with van der Waals surface area (Å²) >= 11 is 0. The van der Waals surface area contributed by atoms with Crippen LogP contribution >= 0.6 is 0 Å². The van der Waals surface area contributed by atoms with Gasteiger partial charge in [0, 0.05) is 25.6 Å². The van der Waals surface area contributed by atoms with Crippen molar-refractivity contribution < 1.29 is 4.42 Å². The van der Waals surface area contributed by atoms with Crippen molar-refractivity contribution in [2.45, 2.75) is 31.6 Å². The standard InChI is InChI=1S/C12H19N3O/c1-8-11(9-3-2-4-13-5-9)15-12(16-8)10-6-14-7-10/h9-10,13-14H,2-7H2,1H3. The molecule has 4 nitrogen and oxygen atoms in total. The average Bonchev–Trinajstić information content (AvgIpc) is 2.59. The lowest BCUT2D eigenvalue weighted by Gasteiger charge is -2.24. The van der Waals surface area contributed by atoms with E-state index in [1.165, 1.54) is 18.5 Å². The highest BCUT2D eigenvalue weighted by atomic mass is 16.4. The number of hydrogen-bond donors (Lipinski definition) is 2. The summed E-state index contributed by atoms with van der Waals surface area (Å²) in [6.45, 7) is 6.28. The number of piperidine rings is 1. The Balaban J connectivity index is 1.79. The van der Waals surface area contributed by atoms with Crippen LogP contribution in [0.4, 0.5) is 0 Å². The van der Waals surface area contributed by atoms with Gasteiger partial charge in [0.25, 0.3) is 0 Å². The molecule has 0 bridgehead atoms. The van der Waals surface area contributed by atoms with Gasteiger partial charge in [-0.3, -0.25) is 0 Å². The molecule has 0 radical (unpaired) electrons. The van der Waals surface area contributed by atoms with E-state index in [1.807, 2.05) is 6.92 Å². The number of oxazole rings is 1. The van der Waals surface area contributed by atoms with Gasteiger partial charge < -0.3 is 15.1 Å². The number of hydrogen-bond acceptors (Lipinski definition) is 4. The lowest BCUT2D eigenvalue weighted by atomic mass is 9.95. The van der Waals surface area contributed by atoms with Gasteiger partial charge in [-0.15, -0.1) is 0 Å². The van der Waals surface area contributed by atoms with Crippen LogP contribution in [0.25, 0.3) is 0 Å². The van der Waals surface area contributed by atoms with Gasteiger partial charge in [0.15, 0.2) is 5.89 Å². The van der Waals surface area contributed by atoms with Crippen molar-refractivity contribution in [3.8, 4) is 0 Å². The normalized spacial score (nSPS) is 26.7. The Morgan fingerprint density at radius 3 is 2.62 bits per heavy atom. The summed E-state index contributed by atoms with van der Waals surface area (Å²) in [4.78, 5) is 4.71. The van der Waals surface area contributed by atoms with Gasteiger partial charge in [0.2, 0.25) is 0 Å². The quantitative estimate of drug-likeness (QED) is 0.786. The predicted molar refractivity (Wildman–Crippen MR) is 61.7 cm³/mol. The van der Waals surface area contributed by atoms with Crippen molar-refractivity contribution in [1.82, 2.24) is 15.6 Å². The SMILES string of the molecule is Cc1oc(C2CNC2)nc1C1CCCNC1. The highest BCUT2D eigenvalue weighted by molar-refractivity contribution is 5.17. The maximum atomic E-state index is 5.79. The second-order valence-corrected chi connectivity index (χ2v) is 4.89. The van der Waals surface area contributed by atoms with Crippen LogP contribution in [-0.4, -0.2) is 31.2 Å². The third-order valence-corrected chi connectivity index (χ3v) is 3.66. The van der Waals surface area contributed by atoms with Gasteiger partial charge in [-0.2, -0.15) is 0 Å². The minimum atomic E-state index is 0.504. The summed E-state index contributed by atoms with van der Waals surface area (Å²) in [7, 11) is 0. The molecule has 2 saturated heterocycles. The molecule has 1 unspecified atom stereocenters. The summed E-state index contributed by atoms with van der Waals surface area (Å²) in [6, 6.07) is 0. The molecule has 4 heteroatoms. The fourth-order valence-corrected chi connectivity index (χ4v) is 2.53. The monoisotopic (exact) mass is 221 g/mol.